The molecule has 0 aromatic heterocycles. The standard InChI is InChI=1S/C13H22N2O3S/c16-13(12-11-3-1-2-9(11)8-14-12)15-10-4-6-19(17,18)7-5-10/h9-12,14H,1-8H2,(H,15,16). The van der Waals surface area contributed by atoms with Crippen LogP contribution in [0.4, 0.5) is 0 Å². The first-order valence-electron chi connectivity index (χ1n) is 7.29. The van der Waals surface area contributed by atoms with Crippen LogP contribution in [0.15, 0.2) is 0 Å². The summed E-state index contributed by atoms with van der Waals surface area (Å²) in [6, 6.07) is -0.00990. The van der Waals surface area contributed by atoms with Crippen LogP contribution in [0, 0.1) is 11.8 Å². The largest absolute Gasteiger partial charge is 0.352 e. The molecule has 3 unspecified atom stereocenters. The second-order valence-electron chi connectivity index (χ2n) is 6.18. The van der Waals surface area contributed by atoms with Gasteiger partial charge in [0.25, 0.3) is 0 Å². The average Bonchev–Trinajstić information content (AvgIpc) is 2.93. The van der Waals surface area contributed by atoms with Gasteiger partial charge < -0.3 is 10.6 Å². The number of hydrogen-bond acceptors (Lipinski definition) is 4. The molecule has 1 saturated carbocycles. The summed E-state index contributed by atoms with van der Waals surface area (Å²) >= 11 is 0. The summed E-state index contributed by atoms with van der Waals surface area (Å²) in [4.78, 5) is 12.3. The molecule has 0 spiro atoms. The van der Waals surface area contributed by atoms with Crippen LogP contribution in [-0.2, 0) is 14.6 Å². The van der Waals surface area contributed by atoms with E-state index in [4.69, 9.17) is 0 Å². The lowest BCUT2D eigenvalue weighted by Gasteiger charge is -2.26. The Morgan fingerprint density at radius 1 is 1.11 bits per heavy atom. The Bertz CT molecular complexity index is 449. The molecule has 108 valence electrons. The molecule has 3 aliphatic rings. The maximum Gasteiger partial charge on any atom is 0.237 e. The first kappa shape index (κ1) is 13.4. The Hall–Kier alpha value is -0.620. The minimum atomic E-state index is -2.85. The number of fused-ring (bicyclic) bond motifs is 1. The van der Waals surface area contributed by atoms with Gasteiger partial charge in [0.2, 0.25) is 5.91 Å². The number of nitrogens with one attached hydrogen (secondary N) is 2. The Labute approximate surface area is 114 Å². The molecule has 5 nitrogen and oxygen atoms in total. The highest BCUT2D eigenvalue weighted by molar-refractivity contribution is 7.91. The topological polar surface area (TPSA) is 75.3 Å². The van der Waals surface area contributed by atoms with Crippen molar-refractivity contribution in [3.8, 4) is 0 Å². The molecule has 2 saturated heterocycles. The summed E-state index contributed by atoms with van der Waals surface area (Å²) < 4.78 is 22.7. The lowest BCUT2D eigenvalue weighted by molar-refractivity contribution is -0.124. The van der Waals surface area contributed by atoms with E-state index in [2.05, 4.69) is 10.6 Å². The van der Waals surface area contributed by atoms with Gasteiger partial charge in [0.15, 0.2) is 0 Å². The molecule has 3 fully saturated rings. The second-order valence-corrected chi connectivity index (χ2v) is 8.48. The summed E-state index contributed by atoms with van der Waals surface area (Å²) in [5, 5.41) is 6.38. The first-order chi connectivity index (χ1) is 9.05. The van der Waals surface area contributed by atoms with Crippen molar-refractivity contribution in [1.82, 2.24) is 10.6 Å². The van der Waals surface area contributed by atoms with Gasteiger partial charge in [-0.05, 0) is 44.1 Å². The molecule has 3 atom stereocenters. The second kappa shape index (κ2) is 5.05. The lowest BCUT2D eigenvalue weighted by Crippen LogP contribution is -2.49. The van der Waals surface area contributed by atoms with Crippen LogP contribution < -0.4 is 10.6 Å². The van der Waals surface area contributed by atoms with E-state index >= 15 is 0 Å². The van der Waals surface area contributed by atoms with Gasteiger partial charge in [-0.2, -0.15) is 0 Å². The minimum absolute atomic E-state index is 0.0401. The predicted octanol–water partition coefficient (Wildman–Crippen LogP) is 0.0679. The molecule has 0 radical (unpaired) electrons. The van der Waals surface area contributed by atoms with E-state index in [1.54, 1.807) is 0 Å². The molecule has 0 bridgehead atoms. The van der Waals surface area contributed by atoms with Gasteiger partial charge >= 0.3 is 0 Å². The van der Waals surface area contributed by atoms with Crippen molar-refractivity contribution in [2.75, 3.05) is 18.1 Å². The maximum atomic E-state index is 12.3. The molecule has 1 aliphatic carbocycles. The van der Waals surface area contributed by atoms with E-state index in [0.29, 0.717) is 24.7 Å². The number of rotatable bonds is 2. The van der Waals surface area contributed by atoms with Crippen molar-refractivity contribution in [2.45, 2.75) is 44.2 Å². The Balaban J connectivity index is 1.54. The van der Waals surface area contributed by atoms with Gasteiger partial charge in [-0.25, -0.2) is 8.42 Å². The van der Waals surface area contributed by atoms with Gasteiger partial charge in [-0.1, -0.05) is 6.42 Å². The van der Waals surface area contributed by atoms with Crippen LogP contribution in [-0.4, -0.2) is 44.5 Å². The van der Waals surface area contributed by atoms with Crippen molar-refractivity contribution in [1.29, 1.82) is 0 Å². The van der Waals surface area contributed by atoms with Gasteiger partial charge in [0.1, 0.15) is 9.84 Å². The third-order valence-corrected chi connectivity index (χ3v) is 6.64. The minimum Gasteiger partial charge on any atom is -0.352 e. The molecule has 3 rings (SSSR count). The molecular weight excluding hydrogens is 264 g/mol. The van der Waals surface area contributed by atoms with Crippen molar-refractivity contribution in [3.63, 3.8) is 0 Å². The highest BCUT2D eigenvalue weighted by Gasteiger charge is 2.42. The van der Waals surface area contributed by atoms with Crippen molar-refractivity contribution < 1.29 is 13.2 Å². The Kier molecular flexibility index (Phi) is 3.55. The maximum absolute atomic E-state index is 12.3. The van der Waals surface area contributed by atoms with Crippen LogP contribution in [0.3, 0.4) is 0 Å². The summed E-state index contributed by atoms with van der Waals surface area (Å²) in [5.41, 5.74) is 0. The fourth-order valence-corrected chi connectivity index (χ4v) is 5.29. The van der Waals surface area contributed by atoms with Gasteiger partial charge in [0.05, 0.1) is 17.5 Å². The third-order valence-electron chi connectivity index (χ3n) is 4.93. The number of carbonyl (C=O) groups is 1. The SMILES string of the molecule is O=C(NC1CCS(=O)(=O)CC1)C1NCC2CCCC21. The van der Waals surface area contributed by atoms with E-state index < -0.39 is 9.84 Å². The lowest BCUT2D eigenvalue weighted by atomic mass is 9.93. The monoisotopic (exact) mass is 286 g/mol. The van der Waals surface area contributed by atoms with E-state index in [0.717, 1.165) is 13.0 Å². The van der Waals surface area contributed by atoms with E-state index in [1.807, 2.05) is 0 Å². The molecule has 1 amide bonds. The number of hydrogen-bond donors (Lipinski definition) is 2. The van der Waals surface area contributed by atoms with Crippen LogP contribution in [0.1, 0.15) is 32.1 Å². The molecule has 19 heavy (non-hydrogen) atoms. The number of amides is 1. The molecule has 0 aromatic rings. The van der Waals surface area contributed by atoms with Crippen LogP contribution >= 0.6 is 0 Å². The fraction of sp³-hybridized carbons (Fsp3) is 0.923. The van der Waals surface area contributed by atoms with Crippen molar-refractivity contribution in [3.05, 3.63) is 0 Å². The molecular formula is C13H22N2O3S. The quantitative estimate of drug-likeness (QED) is 0.753. The summed E-state index contributed by atoms with van der Waals surface area (Å²) in [7, 11) is -2.85. The normalized spacial score (nSPS) is 38.0. The number of carbonyl (C=O) groups excluding carboxylic acids is 1. The zero-order valence-electron chi connectivity index (χ0n) is 11.1. The van der Waals surface area contributed by atoms with E-state index in [1.165, 1.54) is 12.8 Å². The van der Waals surface area contributed by atoms with Gasteiger partial charge in [-0.15, -0.1) is 0 Å². The molecule has 2 heterocycles. The summed E-state index contributed by atoms with van der Waals surface area (Å²) in [6.45, 7) is 0.960. The predicted molar refractivity (Wildman–Crippen MR) is 72.4 cm³/mol. The first-order valence-corrected chi connectivity index (χ1v) is 9.11. The Morgan fingerprint density at radius 2 is 1.84 bits per heavy atom. The summed E-state index contributed by atoms with van der Waals surface area (Å²) in [5.74, 6) is 1.66. The number of sulfone groups is 1. The fourth-order valence-electron chi connectivity index (χ4n) is 3.80. The summed E-state index contributed by atoms with van der Waals surface area (Å²) in [6.07, 6.45) is 4.75. The van der Waals surface area contributed by atoms with Crippen molar-refractivity contribution in [2.24, 2.45) is 11.8 Å². The van der Waals surface area contributed by atoms with Crippen molar-refractivity contribution >= 4 is 15.7 Å². The van der Waals surface area contributed by atoms with Crippen LogP contribution in [0.5, 0.6) is 0 Å². The van der Waals surface area contributed by atoms with Gasteiger partial charge in [-0.3, -0.25) is 4.79 Å². The Morgan fingerprint density at radius 3 is 2.58 bits per heavy atom. The van der Waals surface area contributed by atoms with E-state index in [-0.39, 0.29) is 29.5 Å². The third kappa shape index (κ3) is 2.79. The molecule has 6 heteroatoms. The highest BCUT2D eigenvalue weighted by atomic mass is 32.2. The van der Waals surface area contributed by atoms with E-state index in [9.17, 15) is 13.2 Å². The molecule has 0 aromatic carbocycles. The molecule has 2 N–H and O–H groups in total. The smallest absolute Gasteiger partial charge is 0.237 e. The zero-order chi connectivity index (χ0) is 13.5. The van der Waals surface area contributed by atoms with Crippen LogP contribution in [0.2, 0.25) is 0 Å². The highest BCUT2D eigenvalue weighted by Crippen LogP contribution is 2.37. The zero-order valence-corrected chi connectivity index (χ0v) is 11.9. The molecule has 2 aliphatic heterocycles. The van der Waals surface area contributed by atoms with Crippen LogP contribution in [0.25, 0.3) is 0 Å². The average molecular weight is 286 g/mol. The van der Waals surface area contributed by atoms with Gasteiger partial charge in [0, 0.05) is 6.04 Å².